The zero-order chi connectivity index (χ0) is 21.8. The summed E-state index contributed by atoms with van der Waals surface area (Å²) in [7, 11) is 3.08. The lowest BCUT2D eigenvalue weighted by Crippen LogP contribution is -2.26. The smallest absolute Gasteiger partial charge is 0.347 e. The molecule has 7 nitrogen and oxygen atoms in total. The van der Waals surface area contributed by atoms with Gasteiger partial charge in [0.25, 0.3) is 0 Å². The molecule has 158 valence electrons. The lowest BCUT2D eigenvalue weighted by atomic mass is 9.99. The van der Waals surface area contributed by atoms with Crippen LogP contribution in [0.2, 0.25) is 0 Å². The molecule has 0 aliphatic rings. The number of carbonyl (C=O) groups is 1. The van der Waals surface area contributed by atoms with E-state index in [4.69, 9.17) is 23.4 Å². The summed E-state index contributed by atoms with van der Waals surface area (Å²) >= 11 is 0. The van der Waals surface area contributed by atoms with Gasteiger partial charge in [-0.3, -0.25) is 0 Å². The third-order valence-electron chi connectivity index (χ3n) is 4.74. The average molecular weight is 412 g/mol. The Balaban J connectivity index is 2.07. The summed E-state index contributed by atoms with van der Waals surface area (Å²) in [5.41, 5.74) is 1.76. The maximum Gasteiger partial charge on any atom is 0.347 e. The van der Waals surface area contributed by atoms with Gasteiger partial charge in [-0.05, 0) is 62.2 Å². The lowest BCUT2D eigenvalue weighted by molar-refractivity contribution is -0.150. The number of esters is 1. The molecule has 0 spiro atoms. The van der Waals surface area contributed by atoms with Crippen LogP contribution in [0.1, 0.15) is 19.4 Å². The van der Waals surface area contributed by atoms with E-state index in [-0.39, 0.29) is 6.61 Å². The van der Waals surface area contributed by atoms with Gasteiger partial charge < -0.3 is 23.4 Å². The highest BCUT2D eigenvalue weighted by Crippen LogP contribution is 2.34. The minimum Gasteiger partial charge on any atom is -0.493 e. The first-order valence-electron chi connectivity index (χ1n) is 9.52. The Morgan fingerprint density at radius 3 is 2.47 bits per heavy atom. The number of benzene rings is 2. The third-order valence-corrected chi connectivity index (χ3v) is 4.74. The van der Waals surface area contributed by atoms with E-state index in [1.165, 1.54) is 7.11 Å². The van der Waals surface area contributed by atoms with Gasteiger partial charge in [0, 0.05) is 5.39 Å². The molecule has 2 aromatic carbocycles. The van der Waals surface area contributed by atoms with Crippen LogP contribution in [0.3, 0.4) is 0 Å². The molecule has 0 N–H and O–H groups in total. The van der Waals surface area contributed by atoms with Crippen molar-refractivity contribution in [3.05, 3.63) is 52.4 Å². The number of carbonyl (C=O) groups excluding carboxylic acids is 1. The third kappa shape index (κ3) is 4.10. The van der Waals surface area contributed by atoms with Gasteiger partial charge >= 0.3 is 11.6 Å². The van der Waals surface area contributed by atoms with Crippen molar-refractivity contribution in [2.24, 2.45) is 0 Å². The van der Waals surface area contributed by atoms with E-state index in [9.17, 15) is 9.59 Å². The van der Waals surface area contributed by atoms with Crippen LogP contribution < -0.4 is 19.8 Å². The van der Waals surface area contributed by atoms with Gasteiger partial charge in [-0.2, -0.15) is 0 Å². The van der Waals surface area contributed by atoms with Crippen LogP contribution in [0.25, 0.3) is 22.1 Å². The molecule has 0 saturated carbocycles. The predicted molar refractivity (Wildman–Crippen MR) is 112 cm³/mol. The van der Waals surface area contributed by atoms with E-state index in [0.717, 1.165) is 5.56 Å². The Bertz CT molecular complexity index is 1130. The van der Waals surface area contributed by atoms with Crippen molar-refractivity contribution in [3.63, 3.8) is 0 Å². The van der Waals surface area contributed by atoms with Crippen LogP contribution in [0.4, 0.5) is 0 Å². The molecule has 1 aromatic heterocycles. The molecule has 3 rings (SSSR count). The first-order chi connectivity index (χ1) is 14.4. The number of hydrogen-bond acceptors (Lipinski definition) is 7. The van der Waals surface area contributed by atoms with Crippen molar-refractivity contribution < 1.29 is 28.2 Å². The van der Waals surface area contributed by atoms with Gasteiger partial charge in [0.1, 0.15) is 11.3 Å². The quantitative estimate of drug-likeness (QED) is 0.426. The van der Waals surface area contributed by atoms with E-state index in [1.807, 2.05) is 6.92 Å². The normalized spacial score (nSPS) is 11.8. The Kier molecular flexibility index (Phi) is 6.30. The number of aryl methyl sites for hydroxylation is 1. The van der Waals surface area contributed by atoms with E-state index in [0.29, 0.717) is 39.3 Å². The van der Waals surface area contributed by atoms with Crippen molar-refractivity contribution >= 4 is 16.9 Å². The molecule has 0 fully saturated rings. The molecule has 30 heavy (non-hydrogen) atoms. The van der Waals surface area contributed by atoms with Crippen LogP contribution in [-0.2, 0) is 9.53 Å². The second-order valence-electron chi connectivity index (χ2n) is 6.63. The highest BCUT2D eigenvalue weighted by molar-refractivity contribution is 5.88. The number of methoxy groups -OCH3 is 2. The summed E-state index contributed by atoms with van der Waals surface area (Å²) < 4.78 is 26.8. The number of rotatable bonds is 7. The molecule has 0 radical (unpaired) electrons. The van der Waals surface area contributed by atoms with Crippen molar-refractivity contribution in [2.45, 2.75) is 26.9 Å². The number of fused-ring (bicyclic) bond motifs is 1. The SMILES string of the molecule is CCOC(=O)[C@@H](C)Oc1ccc2oc(=O)c(-c3ccc(OC)c(OC)c3)c(C)c2c1. The molecule has 0 aliphatic carbocycles. The summed E-state index contributed by atoms with van der Waals surface area (Å²) in [5, 5.41) is 0.702. The maximum absolute atomic E-state index is 12.7. The molecule has 0 unspecified atom stereocenters. The van der Waals surface area contributed by atoms with E-state index < -0.39 is 17.7 Å². The summed E-state index contributed by atoms with van der Waals surface area (Å²) in [6, 6.07) is 10.3. The Labute approximate surface area is 174 Å². The first-order valence-corrected chi connectivity index (χ1v) is 9.52. The Hall–Kier alpha value is -3.48. The lowest BCUT2D eigenvalue weighted by Gasteiger charge is -2.15. The summed E-state index contributed by atoms with van der Waals surface area (Å²) in [4.78, 5) is 24.5. The summed E-state index contributed by atoms with van der Waals surface area (Å²) in [6.45, 7) is 5.48. The molecule has 1 heterocycles. The average Bonchev–Trinajstić information content (AvgIpc) is 2.74. The summed E-state index contributed by atoms with van der Waals surface area (Å²) in [6.07, 6.45) is -0.760. The fourth-order valence-electron chi connectivity index (χ4n) is 3.24. The minimum absolute atomic E-state index is 0.281. The fourth-order valence-corrected chi connectivity index (χ4v) is 3.24. The van der Waals surface area contributed by atoms with Gasteiger partial charge in [-0.25, -0.2) is 9.59 Å². The zero-order valence-electron chi connectivity index (χ0n) is 17.6. The van der Waals surface area contributed by atoms with Gasteiger partial charge in [-0.15, -0.1) is 0 Å². The predicted octanol–water partition coefficient (Wildman–Crippen LogP) is 4.12. The molecular weight excluding hydrogens is 388 g/mol. The second-order valence-corrected chi connectivity index (χ2v) is 6.63. The van der Waals surface area contributed by atoms with E-state index >= 15 is 0 Å². The minimum atomic E-state index is -0.760. The van der Waals surface area contributed by atoms with Crippen molar-refractivity contribution in [1.82, 2.24) is 0 Å². The van der Waals surface area contributed by atoms with Gasteiger partial charge in [0.15, 0.2) is 17.6 Å². The Morgan fingerprint density at radius 2 is 1.80 bits per heavy atom. The highest BCUT2D eigenvalue weighted by Gasteiger charge is 2.19. The van der Waals surface area contributed by atoms with Crippen LogP contribution in [0.5, 0.6) is 17.2 Å². The van der Waals surface area contributed by atoms with Crippen molar-refractivity contribution in [1.29, 1.82) is 0 Å². The van der Waals surface area contributed by atoms with Crippen LogP contribution in [-0.4, -0.2) is 32.9 Å². The maximum atomic E-state index is 12.7. The fraction of sp³-hybridized carbons (Fsp3) is 0.304. The van der Waals surface area contributed by atoms with Crippen LogP contribution in [0.15, 0.2) is 45.6 Å². The van der Waals surface area contributed by atoms with Crippen molar-refractivity contribution in [3.8, 4) is 28.4 Å². The van der Waals surface area contributed by atoms with Crippen molar-refractivity contribution in [2.75, 3.05) is 20.8 Å². The molecule has 0 aliphatic heterocycles. The van der Waals surface area contributed by atoms with Crippen LogP contribution in [0, 0.1) is 6.92 Å². The molecule has 0 bridgehead atoms. The number of ether oxygens (including phenoxy) is 4. The molecule has 7 heteroatoms. The monoisotopic (exact) mass is 412 g/mol. The zero-order valence-corrected chi connectivity index (χ0v) is 17.6. The van der Waals surface area contributed by atoms with E-state index in [2.05, 4.69) is 0 Å². The van der Waals surface area contributed by atoms with Gasteiger partial charge in [0.2, 0.25) is 0 Å². The van der Waals surface area contributed by atoms with Gasteiger partial charge in [0.05, 0.1) is 26.4 Å². The number of hydrogen-bond donors (Lipinski definition) is 0. The topological polar surface area (TPSA) is 84.2 Å². The molecule has 0 saturated heterocycles. The molecule has 3 aromatic rings. The molecular formula is C23H24O7. The largest absolute Gasteiger partial charge is 0.493 e. The van der Waals surface area contributed by atoms with Crippen LogP contribution >= 0.6 is 0 Å². The van der Waals surface area contributed by atoms with E-state index in [1.54, 1.807) is 57.4 Å². The first kappa shape index (κ1) is 21.2. The second kappa shape index (κ2) is 8.90. The standard InChI is InChI=1S/C23H24O7/c1-6-28-22(24)14(3)29-16-8-10-18-17(12-16)13(2)21(23(25)30-18)15-7-9-19(26-4)20(11-15)27-5/h7-12,14H,6H2,1-5H3/t14-/m1/s1. The highest BCUT2D eigenvalue weighted by atomic mass is 16.6. The van der Waals surface area contributed by atoms with Gasteiger partial charge in [-0.1, -0.05) is 6.07 Å². The Morgan fingerprint density at radius 1 is 1.07 bits per heavy atom. The summed E-state index contributed by atoms with van der Waals surface area (Å²) in [5.74, 6) is 1.10. The molecule has 1 atom stereocenters. The molecule has 0 amide bonds.